The van der Waals surface area contributed by atoms with Gasteiger partial charge in [0.2, 0.25) is 17.7 Å². The Morgan fingerprint density at radius 2 is 1.25 bits per heavy atom. The van der Waals surface area contributed by atoms with Crippen LogP contribution in [0.1, 0.15) is 130 Å². The van der Waals surface area contributed by atoms with Gasteiger partial charge in [-0.25, -0.2) is 4.67 Å². The van der Waals surface area contributed by atoms with Crippen molar-refractivity contribution in [3.05, 3.63) is 89.5 Å². The summed E-state index contributed by atoms with van der Waals surface area (Å²) in [5, 5.41) is 15.0. The van der Waals surface area contributed by atoms with Gasteiger partial charge >= 0.3 is 17.9 Å². The Morgan fingerprint density at radius 3 is 1.73 bits per heavy atom. The minimum absolute atomic E-state index is 0.00885. The van der Waals surface area contributed by atoms with Crippen LogP contribution in [-0.4, -0.2) is 162 Å². The largest absolute Gasteiger partial charge is 0.497 e. The third kappa shape index (κ3) is 20.6. The summed E-state index contributed by atoms with van der Waals surface area (Å²) in [5.74, 6) is -0.690. The van der Waals surface area contributed by atoms with Gasteiger partial charge in [0.05, 0.1) is 60.2 Å². The van der Waals surface area contributed by atoms with E-state index in [1.165, 1.54) is 13.8 Å². The van der Waals surface area contributed by atoms with Gasteiger partial charge < -0.3 is 67.2 Å². The van der Waals surface area contributed by atoms with E-state index in [-0.39, 0.29) is 76.2 Å². The van der Waals surface area contributed by atoms with E-state index in [2.05, 4.69) is 49.1 Å². The second-order valence-electron chi connectivity index (χ2n) is 21.7. The lowest BCUT2D eigenvalue weighted by Gasteiger charge is -2.46. The SMILES string of the molecule is COc1ccc(C(OCC2(COP(OCCC#N)N(C(C)C)C(C)C)CCN(C(=O)CCCCCNC(=O)CCCO[C@@H]3O[C@H](COC(C)=O)[C@H](OC(C)=O)[C@H](OC(C)=O)[C@H]3NC(C)=O)CC2)(c2ccc(OC)cc2)c2ccc(OC)cc2)cc1. The first-order valence-corrected chi connectivity index (χ1v) is 30.2. The Labute approximate surface area is 502 Å². The van der Waals surface area contributed by atoms with Crippen molar-refractivity contribution in [1.29, 1.82) is 5.26 Å². The summed E-state index contributed by atoms with van der Waals surface area (Å²) in [5.41, 5.74) is 0.823. The Morgan fingerprint density at radius 1 is 0.706 bits per heavy atom. The molecule has 0 aromatic heterocycles. The molecule has 3 aromatic rings. The predicted octanol–water partition coefficient (Wildman–Crippen LogP) is 8.05. The molecule has 468 valence electrons. The molecule has 2 fully saturated rings. The van der Waals surface area contributed by atoms with Crippen LogP contribution in [0.5, 0.6) is 17.2 Å². The molecule has 5 rings (SSSR count). The van der Waals surface area contributed by atoms with Crippen LogP contribution in [0.2, 0.25) is 0 Å². The van der Waals surface area contributed by atoms with Gasteiger partial charge in [0.25, 0.3) is 8.53 Å². The van der Waals surface area contributed by atoms with Crippen LogP contribution in [0.4, 0.5) is 0 Å². The second-order valence-corrected chi connectivity index (χ2v) is 23.2. The molecule has 22 nitrogen and oxygen atoms in total. The van der Waals surface area contributed by atoms with Gasteiger partial charge in [0, 0.05) is 77.7 Å². The highest BCUT2D eigenvalue weighted by Crippen LogP contribution is 2.50. The second kappa shape index (κ2) is 34.6. The van der Waals surface area contributed by atoms with Gasteiger partial charge in [-0.2, -0.15) is 5.26 Å². The van der Waals surface area contributed by atoms with E-state index in [1.807, 2.05) is 77.7 Å². The minimum Gasteiger partial charge on any atom is -0.497 e. The molecule has 3 amide bonds. The number of esters is 3. The topological polar surface area (TPSA) is 258 Å². The molecule has 1 unspecified atom stereocenters. The van der Waals surface area contributed by atoms with Gasteiger partial charge in [-0.3, -0.25) is 28.8 Å². The molecule has 85 heavy (non-hydrogen) atoms. The van der Waals surface area contributed by atoms with Crippen molar-refractivity contribution < 1.29 is 80.4 Å². The number of unbranched alkanes of at least 4 members (excludes halogenated alkanes) is 2. The number of likely N-dealkylation sites (tertiary alicyclic amines) is 1. The van der Waals surface area contributed by atoms with Gasteiger partial charge in [0.15, 0.2) is 18.5 Å². The number of hydrogen-bond acceptors (Lipinski definition) is 19. The van der Waals surface area contributed by atoms with Gasteiger partial charge in [0.1, 0.15) is 41.6 Å². The summed E-state index contributed by atoms with van der Waals surface area (Å²) >= 11 is 0. The summed E-state index contributed by atoms with van der Waals surface area (Å²) in [4.78, 5) is 77.1. The number of carbonyl (C=O) groups is 6. The third-order valence-corrected chi connectivity index (χ3v) is 16.8. The summed E-state index contributed by atoms with van der Waals surface area (Å²) in [6.07, 6.45) is -0.872. The molecule has 2 N–H and O–H groups in total. The third-order valence-electron chi connectivity index (χ3n) is 14.7. The number of nitrogens with one attached hydrogen (secondary N) is 2. The standard InChI is InChI=1S/C62H88N5O17P/c1-42(2)67(43(3)4)85(80-38-16-33-63)81-41-61(40-79-62(48-19-25-51(74-9)26-20-48,49-21-27-52(75-10)28-22-49)50-23-29-53(76-11)30-24-50)31-35-66(36-32-61)56(73)18-13-12-14-34-64-55(72)17-15-37-77-60-57(65-44(5)68)59(83-47(8)71)58(82-46(7)70)54(84-60)39-78-45(6)69/h19-30,42-43,54,57-60H,12-18,31-32,34-41H2,1-11H3,(H,64,72)(H,65,68)/t54-,57-,58+,59-,60-,85?/m1/s1. The number of benzene rings is 3. The number of amides is 3. The normalized spacial score (nSPS) is 18.9. The monoisotopic (exact) mass is 1210 g/mol. The Balaban J connectivity index is 1.24. The van der Waals surface area contributed by atoms with Crippen LogP contribution in [0.25, 0.3) is 0 Å². The lowest BCUT2D eigenvalue weighted by molar-refractivity contribution is -0.277. The number of ether oxygens (including phenoxy) is 9. The molecular weight excluding hydrogens is 1120 g/mol. The maximum Gasteiger partial charge on any atom is 0.303 e. The highest BCUT2D eigenvalue weighted by molar-refractivity contribution is 7.44. The summed E-state index contributed by atoms with van der Waals surface area (Å²) < 4.78 is 68.1. The van der Waals surface area contributed by atoms with Crippen molar-refractivity contribution in [1.82, 2.24) is 20.2 Å². The van der Waals surface area contributed by atoms with E-state index in [0.29, 0.717) is 75.4 Å². The molecule has 2 heterocycles. The quantitative estimate of drug-likeness (QED) is 0.0188. The van der Waals surface area contributed by atoms with Crippen molar-refractivity contribution in [2.45, 2.75) is 162 Å². The zero-order chi connectivity index (χ0) is 62.1. The maximum atomic E-state index is 14.0. The molecule has 2 saturated heterocycles. The van der Waals surface area contributed by atoms with Crippen molar-refractivity contribution in [3.8, 4) is 23.3 Å². The zero-order valence-corrected chi connectivity index (χ0v) is 52.1. The summed E-state index contributed by atoms with van der Waals surface area (Å²) in [6.45, 7) is 14.8. The van der Waals surface area contributed by atoms with Gasteiger partial charge in [-0.15, -0.1) is 0 Å². The van der Waals surface area contributed by atoms with Crippen LogP contribution < -0.4 is 24.8 Å². The molecule has 23 heteroatoms. The first-order chi connectivity index (χ1) is 40.7. The van der Waals surface area contributed by atoms with E-state index < -0.39 is 74.0 Å². The summed E-state index contributed by atoms with van der Waals surface area (Å²) in [6, 6.07) is 24.8. The molecule has 0 saturated carbocycles. The number of methoxy groups -OCH3 is 3. The van der Waals surface area contributed by atoms with E-state index >= 15 is 0 Å². The van der Waals surface area contributed by atoms with Crippen molar-refractivity contribution in [2.24, 2.45) is 5.41 Å². The number of rotatable bonds is 34. The summed E-state index contributed by atoms with van der Waals surface area (Å²) in [7, 11) is 3.29. The van der Waals surface area contributed by atoms with Crippen LogP contribution in [-0.2, 0) is 71.8 Å². The molecule has 0 radical (unpaired) electrons. The average Bonchev–Trinajstić information content (AvgIpc) is 1.88. The lowest BCUT2D eigenvalue weighted by Crippen LogP contribution is -2.66. The fourth-order valence-electron chi connectivity index (χ4n) is 10.5. The van der Waals surface area contributed by atoms with Crippen LogP contribution in [0.3, 0.4) is 0 Å². The Kier molecular flexibility index (Phi) is 28.3. The number of hydrogen-bond donors (Lipinski definition) is 2. The first-order valence-electron chi connectivity index (χ1n) is 29.0. The van der Waals surface area contributed by atoms with E-state index in [0.717, 1.165) is 30.5 Å². The predicted molar refractivity (Wildman–Crippen MR) is 315 cm³/mol. The first kappa shape index (κ1) is 69.3. The van der Waals surface area contributed by atoms with Crippen molar-refractivity contribution in [2.75, 3.05) is 74.0 Å². The Bertz CT molecular complexity index is 2500. The molecule has 0 aliphatic carbocycles. The van der Waals surface area contributed by atoms with Gasteiger partial charge in [-0.05, 0) is 113 Å². The smallest absolute Gasteiger partial charge is 0.303 e. The highest BCUT2D eigenvalue weighted by Gasteiger charge is 2.51. The number of nitrogens with zero attached hydrogens (tertiary/aromatic N) is 3. The highest BCUT2D eigenvalue weighted by atomic mass is 31.2. The molecule has 6 atom stereocenters. The van der Waals surface area contributed by atoms with Gasteiger partial charge in [-0.1, -0.05) is 42.8 Å². The van der Waals surface area contributed by atoms with Crippen LogP contribution in [0, 0.1) is 16.7 Å². The minimum atomic E-state index is -1.60. The number of nitriles is 1. The van der Waals surface area contributed by atoms with E-state index in [9.17, 15) is 34.0 Å². The van der Waals surface area contributed by atoms with E-state index in [4.69, 9.17) is 51.7 Å². The van der Waals surface area contributed by atoms with Crippen LogP contribution in [0.15, 0.2) is 72.8 Å². The number of carbonyl (C=O) groups excluding carboxylic acids is 6. The fraction of sp³-hybridized carbons (Fsp3) is 0.597. The lowest BCUT2D eigenvalue weighted by atomic mass is 9.77. The van der Waals surface area contributed by atoms with Crippen molar-refractivity contribution in [3.63, 3.8) is 0 Å². The van der Waals surface area contributed by atoms with Crippen LogP contribution >= 0.6 is 8.53 Å². The molecule has 2 aliphatic rings. The Hall–Kier alpha value is -6.44. The van der Waals surface area contributed by atoms with E-state index in [1.54, 1.807) is 21.3 Å². The zero-order valence-electron chi connectivity index (χ0n) is 51.2. The fourth-order valence-corrected chi connectivity index (χ4v) is 12.2. The molecule has 2 aliphatic heterocycles. The average molecular weight is 1210 g/mol. The number of piperidine rings is 1. The molecule has 0 spiro atoms. The molecule has 0 bridgehead atoms. The maximum absolute atomic E-state index is 14.0. The molecule has 3 aromatic carbocycles. The van der Waals surface area contributed by atoms with Crippen molar-refractivity contribution >= 4 is 44.2 Å². The molecular formula is C62H88N5O17P.